The average Bonchev–Trinajstić information content (AvgIpc) is 2.86. The first-order valence-electron chi connectivity index (χ1n) is 5.02. The van der Waals surface area contributed by atoms with Crippen molar-refractivity contribution in [1.29, 1.82) is 0 Å². The maximum atomic E-state index is 11.8. The monoisotopic (exact) mass is 219 g/mol. The number of amides is 1. The largest absolute Gasteiger partial charge is 0.459 e. The zero-order valence-electron chi connectivity index (χ0n) is 9.15. The Labute approximate surface area is 92.9 Å². The summed E-state index contributed by atoms with van der Waals surface area (Å²) in [5.41, 5.74) is 0.823. The van der Waals surface area contributed by atoms with E-state index >= 15 is 0 Å². The Kier molecular flexibility index (Phi) is 2.76. The van der Waals surface area contributed by atoms with Crippen LogP contribution >= 0.6 is 0 Å². The lowest BCUT2D eigenvalue weighted by Crippen LogP contribution is -2.27. The number of nitrogens with one attached hydrogen (secondary N) is 2. The number of carbonyl (C=O) groups excluding carboxylic acids is 1. The van der Waals surface area contributed by atoms with Crippen molar-refractivity contribution in [2.24, 2.45) is 0 Å². The predicted octanol–water partition coefficient (Wildman–Crippen LogP) is 1.80. The Hall–Kier alpha value is -2.04. The molecule has 1 amide bonds. The van der Waals surface area contributed by atoms with Crippen molar-refractivity contribution in [2.75, 3.05) is 0 Å². The minimum absolute atomic E-state index is 0.174. The van der Waals surface area contributed by atoms with E-state index in [4.69, 9.17) is 4.42 Å². The van der Waals surface area contributed by atoms with Crippen molar-refractivity contribution in [3.63, 3.8) is 0 Å². The first-order chi connectivity index (χ1) is 7.68. The molecule has 0 bridgehead atoms. The van der Waals surface area contributed by atoms with Gasteiger partial charge in [-0.25, -0.2) is 4.98 Å². The van der Waals surface area contributed by atoms with Crippen molar-refractivity contribution in [3.8, 4) is 0 Å². The number of hydrogen-bond acceptors (Lipinski definition) is 3. The molecule has 2 rings (SSSR count). The summed E-state index contributed by atoms with van der Waals surface area (Å²) in [6.07, 6.45) is 4.87. The smallest absolute Gasteiger partial charge is 0.287 e. The summed E-state index contributed by atoms with van der Waals surface area (Å²) in [6.45, 7) is 3.69. The summed E-state index contributed by atoms with van der Waals surface area (Å²) < 4.78 is 5.10. The molecule has 84 valence electrons. The van der Waals surface area contributed by atoms with E-state index in [1.54, 1.807) is 18.5 Å². The molecule has 1 unspecified atom stereocenters. The van der Waals surface area contributed by atoms with Crippen LogP contribution < -0.4 is 5.32 Å². The van der Waals surface area contributed by atoms with E-state index in [9.17, 15) is 4.79 Å². The number of imidazole rings is 1. The van der Waals surface area contributed by atoms with Gasteiger partial charge in [0.2, 0.25) is 0 Å². The number of rotatable bonds is 3. The number of aryl methyl sites for hydroxylation is 1. The topological polar surface area (TPSA) is 70.9 Å². The van der Waals surface area contributed by atoms with Gasteiger partial charge in [-0.2, -0.15) is 0 Å². The molecule has 2 N–H and O–H groups in total. The standard InChI is InChI=1S/C11H13N3O2/c1-7-3-6-16-9(7)11(15)14-8(2)10-12-4-5-13-10/h3-6,8H,1-2H3,(H,12,13)(H,14,15). The molecule has 16 heavy (non-hydrogen) atoms. The highest BCUT2D eigenvalue weighted by atomic mass is 16.3. The molecule has 1 atom stereocenters. The molecule has 2 heterocycles. The molecule has 0 spiro atoms. The van der Waals surface area contributed by atoms with Gasteiger partial charge in [0.1, 0.15) is 5.82 Å². The zero-order chi connectivity index (χ0) is 11.5. The van der Waals surface area contributed by atoms with E-state index in [1.807, 2.05) is 13.8 Å². The highest BCUT2D eigenvalue weighted by molar-refractivity contribution is 5.92. The summed E-state index contributed by atoms with van der Waals surface area (Å²) in [6, 6.07) is 1.58. The molecule has 2 aromatic heterocycles. The Morgan fingerprint density at radius 3 is 3.00 bits per heavy atom. The fraction of sp³-hybridized carbons (Fsp3) is 0.273. The van der Waals surface area contributed by atoms with Gasteiger partial charge in [0, 0.05) is 18.0 Å². The molecule has 5 heteroatoms. The average molecular weight is 219 g/mol. The van der Waals surface area contributed by atoms with E-state index in [1.165, 1.54) is 6.26 Å². The molecule has 2 aromatic rings. The van der Waals surface area contributed by atoms with Crippen LogP contribution in [0, 0.1) is 6.92 Å². The van der Waals surface area contributed by atoms with Crippen LogP contribution in [-0.2, 0) is 0 Å². The number of H-pyrrole nitrogens is 1. The Morgan fingerprint density at radius 1 is 1.62 bits per heavy atom. The Balaban J connectivity index is 2.06. The number of nitrogens with zero attached hydrogens (tertiary/aromatic N) is 1. The van der Waals surface area contributed by atoms with Crippen LogP contribution in [0.15, 0.2) is 29.1 Å². The van der Waals surface area contributed by atoms with Crippen LogP contribution in [0.1, 0.15) is 34.9 Å². The first kappa shape index (κ1) is 10.5. The van der Waals surface area contributed by atoms with Gasteiger partial charge in [-0.3, -0.25) is 4.79 Å². The maximum Gasteiger partial charge on any atom is 0.287 e. The van der Waals surface area contributed by atoms with Gasteiger partial charge in [0.05, 0.1) is 12.3 Å². The number of furan rings is 1. The number of aromatic nitrogens is 2. The zero-order valence-corrected chi connectivity index (χ0v) is 9.15. The van der Waals surface area contributed by atoms with Crippen molar-refractivity contribution < 1.29 is 9.21 Å². The maximum absolute atomic E-state index is 11.8. The highest BCUT2D eigenvalue weighted by Crippen LogP contribution is 2.11. The lowest BCUT2D eigenvalue weighted by Gasteiger charge is -2.10. The van der Waals surface area contributed by atoms with Crippen LogP contribution in [0.3, 0.4) is 0 Å². The number of hydrogen-bond donors (Lipinski definition) is 2. The lowest BCUT2D eigenvalue weighted by atomic mass is 10.2. The second kappa shape index (κ2) is 4.22. The molecule has 0 saturated carbocycles. The van der Waals surface area contributed by atoms with Crippen molar-refractivity contribution in [2.45, 2.75) is 19.9 Å². The molecular formula is C11H13N3O2. The number of aromatic amines is 1. The first-order valence-corrected chi connectivity index (χ1v) is 5.02. The molecule has 5 nitrogen and oxygen atoms in total. The van der Waals surface area contributed by atoms with E-state index < -0.39 is 0 Å². The second-order valence-electron chi connectivity index (χ2n) is 3.60. The fourth-order valence-corrected chi connectivity index (χ4v) is 1.45. The lowest BCUT2D eigenvalue weighted by molar-refractivity contribution is 0.0909. The van der Waals surface area contributed by atoms with Crippen LogP contribution in [0.2, 0.25) is 0 Å². The van der Waals surface area contributed by atoms with Gasteiger partial charge in [-0.15, -0.1) is 0 Å². The molecule has 0 aliphatic rings. The Bertz CT molecular complexity index is 473. The third kappa shape index (κ3) is 1.98. The predicted molar refractivity (Wildman–Crippen MR) is 57.9 cm³/mol. The molecule has 0 fully saturated rings. The molecule has 0 aliphatic carbocycles. The molecule has 0 saturated heterocycles. The van der Waals surface area contributed by atoms with Gasteiger partial charge in [0.15, 0.2) is 5.76 Å². The third-order valence-corrected chi connectivity index (χ3v) is 2.35. The second-order valence-corrected chi connectivity index (χ2v) is 3.60. The summed E-state index contributed by atoms with van der Waals surface area (Å²) in [4.78, 5) is 18.8. The number of carbonyl (C=O) groups is 1. The third-order valence-electron chi connectivity index (χ3n) is 2.35. The van der Waals surface area contributed by atoms with E-state index in [2.05, 4.69) is 15.3 Å². The Morgan fingerprint density at radius 2 is 2.44 bits per heavy atom. The van der Waals surface area contributed by atoms with Crippen molar-refractivity contribution >= 4 is 5.91 Å². The quantitative estimate of drug-likeness (QED) is 0.826. The van der Waals surface area contributed by atoms with E-state index in [0.29, 0.717) is 5.76 Å². The minimum Gasteiger partial charge on any atom is -0.459 e. The summed E-state index contributed by atoms with van der Waals surface area (Å²) in [5.74, 6) is 0.836. The highest BCUT2D eigenvalue weighted by Gasteiger charge is 2.16. The van der Waals surface area contributed by atoms with Gasteiger partial charge in [-0.1, -0.05) is 0 Å². The van der Waals surface area contributed by atoms with Gasteiger partial charge in [-0.05, 0) is 19.9 Å². The van der Waals surface area contributed by atoms with E-state index in [0.717, 1.165) is 11.4 Å². The van der Waals surface area contributed by atoms with Crippen LogP contribution in [0.4, 0.5) is 0 Å². The SMILES string of the molecule is Cc1ccoc1C(=O)NC(C)c1ncc[nH]1. The summed E-state index contributed by atoms with van der Waals surface area (Å²) in [5, 5.41) is 2.80. The van der Waals surface area contributed by atoms with Crippen molar-refractivity contribution in [3.05, 3.63) is 41.9 Å². The normalized spacial score (nSPS) is 12.4. The van der Waals surface area contributed by atoms with E-state index in [-0.39, 0.29) is 11.9 Å². The molecule has 0 radical (unpaired) electrons. The van der Waals surface area contributed by atoms with Crippen LogP contribution in [0.5, 0.6) is 0 Å². The van der Waals surface area contributed by atoms with Gasteiger partial charge in [0.25, 0.3) is 5.91 Å². The van der Waals surface area contributed by atoms with Crippen LogP contribution in [0.25, 0.3) is 0 Å². The van der Waals surface area contributed by atoms with Crippen LogP contribution in [-0.4, -0.2) is 15.9 Å². The summed E-state index contributed by atoms with van der Waals surface area (Å²) >= 11 is 0. The van der Waals surface area contributed by atoms with Crippen molar-refractivity contribution in [1.82, 2.24) is 15.3 Å². The van der Waals surface area contributed by atoms with Gasteiger partial charge >= 0.3 is 0 Å². The minimum atomic E-state index is -0.230. The molecular weight excluding hydrogens is 206 g/mol. The molecule has 0 aliphatic heterocycles. The summed E-state index contributed by atoms with van der Waals surface area (Å²) in [7, 11) is 0. The van der Waals surface area contributed by atoms with Gasteiger partial charge < -0.3 is 14.7 Å². The molecule has 0 aromatic carbocycles. The fourth-order valence-electron chi connectivity index (χ4n) is 1.45.